The third kappa shape index (κ3) is 3.45. The molecule has 0 saturated heterocycles. The Morgan fingerprint density at radius 3 is 2.50 bits per heavy atom. The Balaban J connectivity index is 2.20. The molecule has 0 radical (unpaired) electrons. The van der Waals surface area contributed by atoms with Gasteiger partial charge in [0.25, 0.3) is 0 Å². The van der Waals surface area contributed by atoms with Gasteiger partial charge in [-0.2, -0.15) is 0 Å². The third-order valence-electron chi connectivity index (χ3n) is 2.36. The Bertz CT molecular complexity index is 528. The maximum atomic E-state index is 13.4. The molecule has 0 saturated carbocycles. The van der Waals surface area contributed by atoms with Gasteiger partial charge >= 0.3 is 0 Å². The van der Waals surface area contributed by atoms with Crippen molar-refractivity contribution in [3.05, 3.63) is 58.9 Å². The van der Waals surface area contributed by atoms with Gasteiger partial charge in [0.05, 0.1) is 0 Å². The van der Waals surface area contributed by atoms with Gasteiger partial charge in [0.2, 0.25) is 0 Å². The molecule has 0 spiro atoms. The topological polar surface area (TPSA) is 21.3 Å². The van der Waals surface area contributed by atoms with E-state index in [1.807, 2.05) is 7.05 Å². The molecule has 4 heteroatoms. The first-order chi connectivity index (χ1) is 8.67. The van der Waals surface area contributed by atoms with Crippen molar-refractivity contribution in [2.75, 3.05) is 7.05 Å². The van der Waals surface area contributed by atoms with Crippen LogP contribution in [0.2, 0.25) is 5.02 Å². The number of hydrogen-bond acceptors (Lipinski definition) is 2. The van der Waals surface area contributed by atoms with Crippen LogP contribution in [-0.2, 0) is 6.54 Å². The lowest BCUT2D eigenvalue weighted by atomic mass is 10.2. The summed E-state index contributed by atoms with van der Waals surface area (Å²) in [6.07, 6.45) is 0. The van der Waals surface area contributed by atoms with E-state index in [-0.39, 0.29) is 5.82 Å². The van der Waals surface area contributed by atoms with E-state index in [0.29, 0.717) is 23.1 Å². The number of halogens is 2. The summed E-state index contributed by atoms with van der Waals surface area (Å²) in [5, 5.41) is 3.61. The number of hydrogen-bond donors (Lipinski definition) is 1. The highest BCUT2D eigenvalue weighted by Crippen LogP contribution is 2.24. The molecule has 94 valence electrons. The number of benzene rings is 2. The van der Waals surface area contributed by atoms with Gasteiger partial charge < -0.3 is 10.1 Å². The molecule has 0 amide bonds. The molecule has 0 atom stereocenters. The van der Waals surface area contributed by atoms with E-state index in [9.17, 15) is 4.39 Å². The van der Waals surface area contributed by atoms with E-state index >= 15 is 0 Å². The second kappa shape index (κ2) is 5.85. The minimum absolute atomic E-state index is 0.313. The molecule has 0 bridgehead atoms. The average Bonchev–Trinajstić information content (AvgIpc) is 2.32. The van der Waals surface area contributed by atoms with Crippen LogP contribution in [0.25, 0.3) is 0 Å². The lowest BCUT2D eigenvalue weighted by Crippen LogP contribution is -2.05. The number of ether oxygens (including phenoxy) is 1. The predicted octanol–water partition coefficient (Wildman–Crippen LogP) is 3.99. The minimum Gasteiger partial charge on any atom is -0.457 e. The summed E-state index contributed by atoms with van der Waals surface area (Å²) in [7, 11) is 1.81. The Morgan fingerprint density at radius 1 is 1.11 bits per heavy atom. The lowest BCUT2D eigenvalue weighted by molar-refractivity contribution is 0.475. The monoisotopic (exact) mass is 265 g/mol. The molecule has 0 aliphatic heterocycles. The zero-order valence-electron chi connectivity index (χ0n) is 9.91. The largest absolute Gasteiger partial charge is 0.457 e. The normalized spacial score (nSPS) is 10.4. The van der Waals surface area contributed by atoms with Crippen molar-refractivity contribution < 1.29 is 9.13 Å². The Hall–Kier alpha value is -1.58. The molecule has 2 rings (SSSR count). The smallest absolute Gasteiger partial charge is 0.130 e. The van der Waals surface area contributed by atoms with Crippen molar-refractivity contribution in [3.8, 4) is 11.5 Å². The SMILES string of the molecule is CNCc1cc(F)cc(Oc2ccc(Cl)cc2)c1. The van der Waals surface area contributed by atoms with E-state index in [2.05, 4.69) is 5.32 Å². The zero-order chi connectivity index (χ0) is 13.0. The van der Waals surface area contributed by atoms with Crippen LogP contribution >= 0.6 is 11.6 Å². The summed E-state index contributed by atoms with van der Waals surface area (Å²) in [5.74, 6) is 0.787. The molecule has 0 aromatic heterocycles. The Kier molecular flexibility index (Phi) is 4.18. The maximum Gasteiger partial charge on any atom is 0.130 e. The van der Waals surface area contributed by atoms with Crippen LogP contribution in [0.15, 0.2) is 42.5 Å². The Morgan fingerprint density at radius 2 is 1.83 bits per heavy atom. The molecule has 0 heterocycles. The van der Waals surface area contributed by atoms with E-state index in [0.717, 1.165) is 5.56 Å². The van der Waals surface area contributed by atoms with Gasteiger partial charge in [-0.3, -0.25) is 0 Å². The summed E-state index contributed by atoms with van der Waals surface area (Å²) < 4.78 is 19.0. The molecule has 1 N–H and O–H groups in total. The number of nitrogens with one attached hydrogen (secondary N) is 1. The van der Waals surface area contributed by atoms with Crippen LogP contribution < -0.4 is 10.1 Å². The molecular weight excluding hydrogens is 253 g/mol. The number of rotatable bonds is 4. The van der Waals surface area contributed by atoms with Gasteiger partial charge in [0, 0.05) is 17.6 Å². The molecule has 0 aliphatic carbocycles. The van der Waals surface area contributed by atoms with Gasteiger partial charge in [-0.25, -0.2) is 4.39 Å². The molecule has 0 unspecified atom stereocenters. The quantitative estimate of drug-likeness (QED) is 0.902. The van der Waals surface area contributed by atoms with Gasteiger partial charge in [-0.05, 0) is 49.0 Å². The van der Waals surface area contributed by atoms with Gasteiger partial charge in [-0.1, -0.05) is 11.6 Å². The fourth-order valence-electron chi connectivity index (χ4n) is 1.62. The van der Waals surface area contributed by atoms with Crippen molar-refractivity contribution in [1.82, 2.24) is 5.32 Å². The standard InChI is InChI=1S/C14H13ClFNO/c1-17-9-10-6-12(16)8-14(7-10)18-13-4-2-11(15)3-5-13/h2-8,17H,9H2,1H3. The van der Waals surface area contributed by atoms with Crippen LogP contribution in [0.4, 0.5) is 4.39 Å². The van der Waals surface area contributed by atoms with Gasteiger partial charge in [-0.15, -0.1) is 0 Å². The van der Waals surface area contributed by atoms with Crippen LogP contribution in [0.5, 0.6) is 11.5 Å². The maximum absolute atomic E-state index is 13.4. The van der Waals surface area contributed by atoms with Crippen molar-refractivity contribution in [2.24, 2.45) is 0 Å². The fourth-order valence-corrected chi connectivity index (χ4v) is 1.75. The summed E-state index contributed by atoms with van der Waals surface area (Å²) in [6.45, 7) is 0.592. The predicted molar refractivity (Wildman–Crippen MR) is 70.7 cm³/mol. The Labute approximate surface area is 110 Å². The molecule has 0 aliphatic rings. The van der Waals surface area contributed by atoms with E-state index in [1.54, 1.807) is 30.3 Å². The summed E-state index contributed by atoms with van der Waals surface area (Å²) in [6, 6.07) is 11.6. The van der Waals surface area contributed by atoms with Crippen molar-refractivity contribution >= 4 is 11.6 Å². The van der Waals surface area contributed by atoms with Crippen LogP contribution in [0.3, 0.4) is 0 Å². The first-order valence-corrected chi connectivity index (χ1v) is 5.92. The van der Waals surface area contributed by atoms with Gasteiger partial charge in [0.1, 0.15) is 17.3 Å². The highest BCUT2D eigenvalue weighted by molar-refractivity contribution is 6.30. The van der Waals surface area contributed by atoms with Gasteiger partial charge in [0.15, 0.2) is 0 Å². The third-order valence-corrected chi connectivity index (χ3v) is 2.61. The van der Waals surface area contributed by atoms with E-state index in [1.165, 1.54) is 12.1 Å². The first-order valence-electron chi connectivity index (χ1n) is 5.55. The van der Waals surface area contributed by atoms with Crippen molar-refractivity contribution in [1.29, 1.82) is 0 Å². The molecule has 18 heavy (non-hydrogen) atoms. The first kappa shape index (κ1) is 12.9. The summed E-state index contributed by atoms with van der Waals surface area (Å²) in [4.78, 5) is 0. The summed E-state index contributed by atoms with van der Waals surface area (Å²) >= 11 is 5.78. The van der Waals surface area contributed by atoms with Crippen LogP contribution in [-0.4, -0.2) is 7.05 Å². The highest BCUT2D eigenvalue weighted by Gasteiger charge is 2.03. The molecule has 0 fully saturated rings. The lowest BCUT2D eigenvalue weighted by Gasteiger charge is -2.08. The van der Waals surface area contributed by atoms with Crippen LogP contribution in [0, 0.1) is 5.82 Å². The van der Waals surface area contributed by atoms with Crippen molar-refractivity contribution in [3.63, 3.8) is 0 Å². The van der Waals surface area contributed by atoms with Crippen molar-refractivity contribution in [2.45, 2.75) is 6.54 Å². The molecule has 2 aromatic carbocycles. The average molecular weight is 266 g/mol. The zero-order valence-corrected chi connectivity index (χ0v) is 10.7. The summed E-state index contributed by atoms with van der Waals surface area (Å²) in [5.41, 5.74) is 0.835. The van der Waals surface area contributed by atoms with Crippen LogP contribution in [0.1, 0.15) is 5.56 Å². The van der Waals surface area contributed by atoms with E-state index in [4.69, 9.17) is 16.3 Å². The van der Waals surface area contributed by atoms with E-state index < -0.39 is 0 Å². The second-order valence-electron chi connectivity index (χ2n) is 3.88. The highest BCUT2D eigenvalue weighted by atomic mass is 35.5. The molecular formula is C14H13ClFNO. The minimum atomic E-state index is -0.313. The molecule has 2 aromatic rings. The molecule has 2 nitrogen and oxygen atoms in total. The fraction of sp³-hybridized carbons (Fsp3) is 0.143. The second-order valence-corrected chi connectivity index (χ2v) is 4.32.